The van der Waals surface area contributed by atoms with Gasteiger partial charge in [0.2, 0.25) is 0 Å². The predicted octanol–water partition coefficient (Wildman–Crippen LogP) is 6.06. The summed E-state index contributed by atoms with van der Waals surface area (Å²) >= 11 is 0. The number of aromatic carboxylic acids is 2. The maximum absolute atomic E-state index is 11.4. The molecule has 0 aliphatic heterocycles. The first-order valence-electron chi connectivity index (χ1n) is 12.1. The van der Waals surface area contributed by atoms with Gasteiger partial charge in [0.05, 0.1) is 11.1 Å². The smallest absolute Gasteiger partial charge is 0.336 e. The molecule has 0 aliphatic carbocycles. The zero-order valence-electron chi connectivity index (χ0n) is 21.9. The van der Waals surface area contributed by atoms with Crippen molar-refractivity contribution in [2.24, 2.45) is 0 Å². The molecule has 4 rings (SSSR count). The molecule has 0 bridgehead atoms. The second kappa shape index (κ2) is 12.0. The van der Waals surface area contributed by atoms with E-state index in [0.717, 1.165) is 11.1 Å². The van der Waals surface area contributed by atoms with E-state index in [2.05, 4.69) is 13.8 Å². The summed E-state index contributed by atoms with van der Waals surface area (Å²) in [7, 11) is 0. The second-order valence-corrected chi connectivity index (χ2v) is 9.23. The number of hydrogen-bond donors (Lipinski definition) is 2. The molecule has 0 fully saturated rings. The van der Waals surface area contributed by atoms with Gasteiger partial charge in [-0.05, 0) is 65.7 Å². The maximum Gasteiger partial charge on any atom is 0.336 e. The molecule has 208 valence electrons. The van der Waals surface area contributed by atoms with Gasteiger partial charge in [-0.3, -0.25) is 9.59 Å². The third-order valence-corrected chi connectivity index (χ3v) is 6.34. The highest BCUT2D eigenvalue weighted by molar-refractivity contribution is 6.02. The Hall–Kier alpha value is -5.64. The van der Waals surface area contributed by atoms with E-state index in [0.29, 0.717) is 17.2 Å². The summed E-state index contributed by atoms with van der Waals surface area (Å²) in [6, 6.07) is 22.9. The normalized spacial score (nSPS) is 10.8. The lowest BCUT2D eigenvalue weighted by molar-refractivity contribution is -0.123. The van der Waals surface area contributed by atoms with Crippen molar-refractivity contribution in [3.8, 4) is 34.5 Å². The topological polar surface area (TPSA) is 146 Å². The SMILES string of the molecule is CC(C)(c1ccc(Oc2ccc(OC=O)c(OC=O)c2)cc1)c1ccc(Oc2ccc(C(=O)O)c(C(=O)O)c2)cc1. The molecule has 2 N–H and O–H groups in total. The Kier molecular flexibility index (Phi) is 8.33. The Morgan fingerprint density at radius 2 is 1.02 bits per heavy atom. The van der Waals surface area contributed by atoms with Gasteiger partial charge < -0.3 is 29.2 Å². The first-order chi connectivity index (χ1) is 19.6. The number of hydrogen-bond acceptors (Lipinski definition) is 8. The Morgan fingerprint density at radius 1 is 0.585 bits per heavy atom. The Balaban J connectivity index is 1.47. The van der Waals surface area contributed by atoms with Crippen molar-refractivity contribution in [1.82, 2.24) is 0 Å². The molecule has 0 spiro atoms. The zero-order valence-corrected chi connectivity index (χ0v) is 21.9. The molecule has 0 radical (unpaired) electrons. The summed E-state index contributed by atoms with van der Waals surface area (Å²) in [4.78, 5) is 44.1. The van der Waals surface area contributed by atoms with Crippen LogP contribution in [-0.4, -0.2) is 35.1 Å². The van der Waals surface area contributed by atoms with Crippen molar-refractivity contribution in [1.29, 1.82) is 0 Å². The number of rotatable bonds is 12. The molecule has 0 saturated carbocycles. The third-order valence-electron chi connectivity index (χ3n) is 6.34. The van der Waals surface area contributed by atoms with E-state index in [1.807, 2.05) is 24.3 Å². The van der Waals surface area contributed by atoms with Crippen LogP contribution in [0, 0.1) is 0 Å². The first kappa shape index (κ1) is 28.4. The average molecular weight is 557 g/mol. The highest BCUT2D eigenvalue weighted by Crippen LogP contribution is 2.36. The van der Waals surface area contributed by atoms with Crippen LogP contribution >= 0.6 is 0 Å². The molecular formula is C31H24O10. The number of carboxylic acids is 2. The van der Waals surface area contributed by atoms with Crippen molar-refractivity contribution >= 4 is 24.9 Å². The fraction of sp³-hybridized carbons (Fsp3) is 0.0968. The fourth-order valence-electron chi connectivity index (χ4n) is 4.11. The van der Waals surface area contributed by atoms with Crippen molar-refractivity contribution in [3.63, 3.8) is 0 Å². The van der Waals surface area contributed by atoms with Crippen LogP contribution in [0.2, 0.25) is 0 Å². The highest BCUT2D eigenvalue weighted by Gasteiger charge is 2.23. The molecule has 41 heavy (non-hydrogen) atoms. The molecular weight excluding hydrogens is 532 g/mol. The summed E-state index contributed by atoms with van der Waals surface area (Å²) < 4.78 is 21.3. The molecule has 0 unspecified atom stereocenters. The van der Waals surface area contributed by atoms with Crippen LogP contribution in [0.5, 0.6) is 34.5 Å². The summed E-state index contributed by atoms with van der Waals surface area (Å²) in [6.07, 6.45) is 0. The third kappa shape index (κ3) is 6.51. The van der Waals surface area contributed by atoms with Crippen molar-refractivity contribution in [2.45, 2.75) is 19.3 Å². The number of carboxylic acid groups (broad SMARTS) is 2. The van der Waals surface area contributed by atoms with Crippen molar-refractivity contribution in [2.75, 3.05) is 0 Å². The van der Waals surface area contributed by atoms with Crippen LogP contribution in [0.3, 0.4) is 0 Å². The molecule has 0 atom stereocenters. The Labute approximate surface area is 234 Å². The molecule has 0 amide bonds. The zero-order chi connectivity index (χ0) is 29.6. The molecule has 4 aromatic carbocycles. The number of carbonyl (C=O) groups excluding carboxylic acids is 2. The van der Waals surface area contributed by atoms with E-state index in [1.165, 1.54) is 30.3 Å². The van der Waals surface area contributed by atoms with Gasteiger partial charge in [-0.2, -0.15) is 0 Å². The lowest BCUT2D eigenvalue weighted by atomic mass is 9.78. The van der Waals surface area contributed by atoms with Gasteiger partial charge in [-0.1, -0.05) is 38.1 Å². The minimum absolute atomic E-state index is 0.0365. The standard InChI is InChI=1S/C31H24O10/c1-31(2,19-3-7-21(8-4-19)40-23-11-13-25(29(34)35)26(15-23)30(36)37)20-5-9-22(10-6-20)41-24-12-14-27(38-17-32)28(16-24)39-18-33/h3-18H,1-2H3,(H,34,35)(H,36,37). The van der Waals surface area contributed by atoms with Gasteiger partial charge in [0, 0.05) is 11.5 Å². The Bertz CT molecular complexity index is 1590. The highest BCUT2D eigenvalue weighted by atomic mass is 16.6. The first-order valence-corrected chi connectivity index (χ1v) is 12.1. The van der Waals surface area contributed by atoms with Crippen LogP contribution in [-0.2, 0) is 15.0 Å². The number of ether oxygens (including phenoxy) is 4. The number of carbonyl (C=O) groups is 4. The lowest BCUT2D eigenvalue weighted by Crippen LogP contribution is -2.18. The van der Waals surface area contributed by atoms with E-state index in [4.69, 9.17) is 18.9 Å². The molecule has 4 aromatic rings. The van der Waals surface area contributed by atoms with E-state index in [9.17, 15) is 29.4 Å². The molecule has 0 aromatic heterocycles. The number of benzene rings is 4. The van der Waals surface area contributed by atoms with E-state index in [1.54, 1.807) is 30.3 Å². The largest absolute Gasteiger partial charge is 0.478 e. The van der Waals surface area contributed by atoms with Crippen molar-refractivity contribution in [3.05, 3.63) is 107 Å². The fourth-order valence-corrected chi connectivity index (χ4v) is 4.11. The van der Waals surface area contributed by atoms with Gasteiger partial charge >= 0.3 is 11.9 Å². The van der Waals surface area contributed by atoms with E-state index >= 15 is 0 Å². The second-order valence-electron chi connectivity index (χ2n) is 9.23. The minimum Gasteiger partial charge on any atom is -0.478 e. The van der Waals surface area contributed by atoms with E-state index in [-0.39, 0.29) is 41.3 Å². The summed E-state index contributed by atoms with van der Waals surface area (Å²) in [5.74, 6) is -1.03. The molecule has 0 aliphatic rings. The molecule has 0 saturated heterocycles. The average Bonchev–Trinajstić information content (AvgIpc) is 2.95. The summed E-state index contributed by atoms with van der Waals surface area (Å²) in [5, 5.41) is 18.5. The van der Waals surface area contributed by atoms with E-state index < -0.39 is 17.4 Å². The lowest BCUT2D eigenvalue weighted by Gasteiger charge is -2.26. The minimum atomic E-state index is -1.36. The maximum atomic E-state index is 11.4. The molecule has 10 heteroatoms. The molecule has 0 heterocycles. The predicted molar refractivity (Wildman–Crippen MR) is 145 cm³/mol. The van der Waals surface area contributed by atoms with Gasteiger partial charge in [0.25, 0.3) is 12.9 Å². The molecule has 10 nitrogen and oxygen atoms in total. The monoisotopic (exact) mass is 556 g/mol. The van der Waals surface area contributed by atoms with Crippen LogP contribution in [0.25, 0.3) is 0 Å². The summed E-state index contributed by atoms with van der Waals surface area (Å²) in [6.45, 7) is 4.56. The van der Waals surface area contributed by atoms with Gasteiger partial charge in [0.15, 0.2) is 11.5 Å². The Morgan fingerprint density at radius 3 is 1.51 bits per heavy atom. The van der Waals surface area contributed by atoms with Crippen LogP contribution in [0.1, 0.15) is 45.7 Å². The summed E-state index contributed by atoms with van der Waals surface area (Å²) in [5.41, 5.74) is 0.882. The van der Waals surface area contributed by atoms with Gasteiger partial charge in [-0.25, -0.2) is 9.59 Å². The van der Waals surface area contributed by atoms with Crippen LogP contribution < -0.4 is 18.9 Å². The van der Waals surface area contributed by atoms with Crippen molar-refractivity contribution < 1.29 is 48.3 Å². The van der Waals surface area contributed by atoms with Gasteiger partial charge in [-0.15, -0.1) is 0 Å². The van der Waals surface area contributed by atoms with Crippen LogP contribution in [0.15, 0.2) is 84.9 Å². The quantitative estimate of drug-likeness (QED) is 0.197. The van der Waals surface area contributed by atoms with Gasteiger partial charge in [0.1, 0.15) is 23.0 Å². The van der Waals surface area contributed by atoms with Crippen LogP contribution in [0.4, 0.5) is 0 Å².